The van der Waals surface area contributed by atoms with E-state index in [0.717, 1.165) is 29.4 Å². The van der Waals surface area contributed by atoms with Gasteiger partial charge in [-0.15, -0.1) is 0 Å². The maximum Gasteiger partial charge on any atom is 0.253 e. The van der Waals surface area contributed by atoms with Gasteiger partial charge in [0.05, 0.1) is 11.7 Å². The zero-order valence-corrected chi connectivity index (χ0v) is 13.3. The molecule has 1 aliphatic heterocycles. The Morgan fingerprint density at radius 2 is 2.09 bits per heavy atom. The maximum absolute atomic E-state index is 12.8. The van der Waals surface area contributed by atoms with Crippen LogP contribution in [0.5, 0.6) is 0 Å². The van der Waals surface area contributed by atoms with Gasteiger partial charge in [0.15, 0.2) is 0 Å². The van der Waals surface area contributed by atoms with Gasteiger partial charge in [-0.2, -0.15) is 0 Å². The monoisotopic (exact) mass is 314 g/mol. The van der Waals surface area contributed by atoms with Gasteiger partial charge in [-0.1, -0.05) is 18.2 Å². The minimum Gasteiger partial charge on any atom is -0.392 e. The van der Waals surface area contributed by atoms with Crippen molar-refractivity contribution in [2.24, 2.45) is 5.41 Å². The Morgan fingerprint density at radius 3 is 2.83 bits per heavy atom. The summed E-state index contributed by atoms with van der Waals surface area (Å²) in [5.41, 5.74) is 2.37. The van der Waals surface area contributed by atoms with Crippen LogP contribution < -0.4 is 5.32 Å². The third kappa shape index (κ3) is 2.18. The lowest BCUT2D eigenvalue weighted by Crippen LogP contribution is -2.65. The van der Waals surface area contributed by atoms with Crippen molar-refractivity contribution >= 4 is 16.8 Å². The van der Waals surface area contributed by atoms with Gasteiger partial charge in [-0.25, -0.2) is 0 Å². The molecular weight excluding hydrogens is 292 g/mol. The van der Waals surface area contributed by atoms with Gasteiger partial charge < -0.3 is 20.1 Å². The van der Waals surface area contributed by atoms with Gasteiger partial charge in [-0.05, 0) is 32.3 Å². The topological polar surface area (TPSA) is 74.4 Å². The number of rotatable bonds is 2. The second-order valence-electron chi connectivity index (χ2n) is 6.79. The van der Waals surface area contributed by atoms with Crippen molar-refractivity contribution in [1.29, 1.82) is 0 Å². The summed E-state index contributed by atoms with van der Waals surface area (Å²) in [7, 11) is 0. The fraction of sp³-hybridized carbons (Fsp3) is 0.500. The lowest BCUT2D eigenvalue weighted by molar-refractivity contribution is -0.145. The number of aliphatic hydroxyl groups excluding tert-OH is 1. The van der Waals surface area contributed by atoms with Crippen molar-refractivity contribution in [3.8, 4) is 0 Å². The molecule has 1 saturated heterocycles. The first-order valence-corrected chi connectivity index (χ1v) is 8.26. The molecular formula is C18H22N2O3. The lowest BCUT2D eigenvalue weighted by atomic mass is 9.58. The maximum atomic E-state index is 12.8. The molecule has 2 atom stereocenters. The predicted molar refractivity (Wildman–Crippen MR) is 87.4 cm³/mol. The van der Waals surface area contributed by atoms with E-state index in [1.54, 1.807) is 0 Å². The average Bonchev–Trinajstić information content (AvgIpc) is 2.91. The number of ether oxygens (including phenoxy) is 1. The summed E-state index contributed by atoms with van der Waals surface area (Å²) >= 11 is 0. The number of hydrogen-bond acceptors (Lipinski definition) is 3. The Hall–Kier alpha value is -1.85. The molecule has 1 aromatic carbocycles. The van der Waals surface area contributed by atoms with Gasteiger partial charge in [0.2, 0.25) is 0 Å². The summed E-state index contributed by atoms with van der Waals surface area (Å²) < 4.78 is 5.42. The van der Waals surface area contributed by atoms with Gasteiger partial charge in [0.1, 0.15) is 0 Å². The van der Waals surface area contributed by atoms with Crippen molar-refractivity contribution in [2.45, 2.75) is 38.3 Å². The van der Waals surface area contributed by atoms with Crippen LogP contribution in [0.1, 0.15) is 35.3 Å². The first-order chi connectivity index (χ1) is 11.1. The number of carbonyl (C=O) groups excluding carboxylic acids is 1. The zero-order valence-electron chi connectivity index (χ0n) is 13.3. The van der Waals surface area contributed by atoms with E-state index in [0.29, 0.717) is 25.2 Å². The SMILES string of the molecule is Cc1[nH]c2ccccc2c1C(=O)N[C@@H]1C[C@@H](O)C12CCOCC2. The van der Waals surface area contributed by atoms with Crippen LogP contribution in [-0.2, 0) is 4.74 Å². The molecule has 23 heavy (non-hydrogen) atoms. The van der Waals surface area contributed by atoms with Gasteiger partial charge in [-0.3, -0.25) is 4.79 Å². The highest BCUT2D eigenvalue weighted by Gasteiger charge is 2.55. The van der Waals surface area contributed by atoms with Crippen LogP contribution in [0, 0.1) is 12.3 Å². The molecule has 3 N–H and O–H groups in total. The largest absolute Gasteiger partial charge is 0.392 e. The quantitative estimate of drug-likeness (QED) is 0.795. The molecule has 1 saturated carbocycles. The van der Waals surface area contributed by atoms with Crippen LogP contribution in [0.15, 0.2) is 24.3 Å². The molecule has 1 spiro atoms. The van der Waals surface area contributed by atoms with E-state index in [2.05, 4.69) is 10.3 Å². The summed E-state index contributed by atoms with van der Waals surface area (Å²) in [6.07, 6.45) is 1.92. The minimum atomic E-state index is -0.333. The lowest BCUT2D eigenvalue weighted by Gasteiger charge is -2.55. The average molecular weight is 314 g/mol. The predicted octanol–water partition coefficient (Wildman–Crippen LogP) is 2.14. The van der Waals surface area contributed by atoms with Gasteiger partial charge in [0.25, 0.3) is 5.91 Å². The van der Waals surface area contributed by atoms with Crippen molar-refractivity contribution in [1.82, 2.24) is 10.3 Å². The van der Waals surface area contributed by atoms with E-state index in [1.165, 1.54) is 0 Å². The highest BCUT2D eigenvalue weighted by atomic mass is 16.5. The Kier molecular flexibility index (Phi) is 3.43. The van der Waals surface area contributed by atoms with Crippen molar-refractivity contribution in [3.63, 3.8) is 0 Å². The number of nitrogens with one attached hydrogen (secondary N) is 2. The van der Waals surface area contributed by atoms with Crippen LogP contribution in [-0.4, -0.2) is 41.4 Å². The summed E-state index contributed by atoms with van der Waals surface area (Å²) in [6, 6.07) is 7.88. The number of amides is 1. The van der Waals surface area contributed by atoms with Crippen molar-refractivity contribution in [3.05, 3.63) is 35.5 Å². The molecule has 1 aliphatic carbocycles. The molecule has 0 bridgehead atoms. The van der Waals surface area contributed by atoms with Gasteiger partial charge in [0, 0.05) is 41.3 Å². The van der Waals surface area contributed by atoms with Crippen LogP contribution in [0.25, 0.3) is 10.9 Å². The van der Waals surface area contributed by atoms with Crippen molar-refractivity contribution < 1.29 is 14.6 Å². The number of benzene rings is 1. The standard InChI is InChI=1S/C18H22N2O3/c1-11-16(12-4-2-3-5-13(12)19-11)17(22)20-14-10-15(21)18(14)6-8-23-9-7-18/h2-5,14-15,19,21H,6-10H2,1H3,(H,20,22)/t14-,15-/m1/s1. The summed E-state index contributed by atoms with van der Waals surface area (Å²) in [5, 5.41) is 14.4. The highest BCUT2D eigenvalue weighted by molar-refractivity contribution is 6.08. The van der Waals surface area contributed by atoms with Gasteiger partial charge >= 0.3 is 0 Å². The second kappa shape index (κ2) is 5.35. The molecule has 4 rings (SSSR count). The molecule has 2 heterocycles. The van der Waals surface area contributed by atoms with E-state index in [9.17, 15) is 9.90 Å². The van der Waals surface area contributed by atoms with E-state index in [1.807, 2.05) is 31.2 Å². The fourth-order valence-electron chi connectivity index (χ4n) is 4.20. The molecule has 2 fully saturated rings. The Morgan fingerprint density at radius 1 is 1.35 bits per heavy atom. The first kappa shape index (κ1) is 14.7. The molecule has 122 valence electrons. The summed E-state index contributed by atoms with van der Waals surface area (Å²) in [4.78, 5) is 16.1. The second-order valence-corrected chi connectivity index (χ2v) is 6.79. The summed E-state index contributed by atoms with van der Waals surface area (Å²) in [6.45, 7) is 3.25. The smallest absolute Gasteiger partial charge is 0.253 e. The number of carbonyl (C=O) groups is 1. The zero-order chi connectivity index (χ0) is 16.0. The number of H-pyrrole nitrogens is 1. The van der Waals surface area contributed by atoms with Crippen LogP contribution >= 0.6 is 0 Å². The number of aromatic nitrogens is 1. The minimum absolute atomic E-state index is 0.0296. The number of aromatic amines is 1. The molecule has 5 heteroatoms. The van der Waals surface area contributed by atoms with Crippen molar-refractivity contribution in [2.75, 3.05) is 13.2 Å². The van der Waals surface area contributed by atoms with E-state index in [4.69, 9.17) is 4.74 Å². The number of aryl methyl sites for hydroxylation is 1. The molecule has 1 aromatic heterocycles. The van der Waals surface area contributed by atoms with E-state index < -0.39 is 0 Å². The van der Waals surface area contributed by atoms with Crippen LogP contribution in [0.4, 0.5) is 0 Å². The third-order valence-corrected chi connectivity index (χ3v) is 5.67. The molecule has 0 unspecified atom stereocenters. The summed E-state index contributed by atoms with van der Waals surface area (Å²) in [5.74, 6) is -0.0530. The molecule has 2 aliphatic rings. The first-order valence-electron chi connectivity index (χ1n) is 8.26. The molecule has 5 nitrogen and oxygen atoms in total. The molecule has 2 aromatic rings. The third-order valence-electron chi connectivity index (χ3n) is 5.67. The number of fused-ring (bicyclic) bond motifs is 1. The number of aliphatic hydroxyl groups is 1. The van der Waals surface area contributed by atoms with E-state index in [-0.39, 0.29) is 23.5 Å². The Balaban J connectivity index is 1.59. The van der Waals surface area contributed by atoms with Crippen LogP contribution in [0.3, 0.4) is 0 Å². The Bertz CT molecular complexity index is 746. The molecule has 0 radical (unpaired) electrons. The fourth-order valence-corrected chi connectivity index (χ4v) is 4.20. The normalized spacial score (nSPS) is 26.2. The number of para-hydroxylation sites is 1. The Labute approximate surface area is 135 Å². The van der Waals surface area contributed by atoms with Crippen LogP contribution in [0.2, 0.25) is 0 Å². The highest BCUT2D eigenvalue weighted by Crippen LogP contribution is 2.49. The molecule has 1 amide bonds. The number of hydrogen-bond donors (Lipinski definition) is 3. The van der Waals surface area contributed by atoms with E-state index >= 15 is 0 Å².